The monoisotopic (exact) mass is 296 g/mol. The fraction of sp³-hybridized carbons (Fsp3) is 0.692. The van der Waals surface area contributed by atoms with Crippen LogP contribution in [0, 0.1) is 4.77 Å². The average Bonchev–Trinajstić information content (AvgIpc) is 3.10. The second-order valence-electron chi connectivity index (χ2n) is 5.33. The molecule has 1 saturated heterocycles. The molecule has 1 fully saturated rings. The number of aromatic nitrogens is 4. The molecule has 1 N–H and O–H groups in total. The maximum atomic E-state index is 5.71. The van der Waals surface area contributed by atoms with Crippen LogP contribution in [0.1, 0.15) is 19.0 Å². The van der Waals surface area contributed by atoms with Crippen LogP contribution >= 0.6 is 12.2 Å². The Morgan fingerprint density at radius 1 is 1.55 bits per heavy atom. The smallest absolute Gasteiger partial charge is 0.179 e. The summed E-state index contributed by atoms with van der Waals surface area (Å²) in [7, 11) is 3.69. The Balaban J connectivity index is 2.09. The van der Waals surface area contributed by atoms with Gasteiger partial charge in [-0.2, -0.15) is 5.10 Å². The van der Waals surface area contributed by atoms with Crippen LogP contribution < -0.4 is 0 Å². The molecule has 6 nitrogen and oxygen atoms in total. The van der Waals surface area contributed by atoms with Gasteiger partial charge >= 0.3 is 0 Å². The summed E-state index contributed by atoms with van der Waals surface area (Å²) >= 11 is 5.48. The van der Waals surface area contributed by atoms with Gasteiger partial charge in [0.05, 0.1) is 18.8 Å². The first kappa shape index (κ1) is 13.8. The van der Waals surface area contributed by atoms with Gasteiger partial charge in [0.2, 0.25) is 0 Å². The van der Waals surface area contributed by atoms with Crippen molar-refractivity contribution in [3.8, 4) is 0 Å². The number of aromatic amines is 1. The Kier molecular flexibility index (Phi) is 3.43. The number of aryl methyl sites for hydroxylation is 2. The summed E-state index contributed by atoms with van der Waals surface area (Å²) < 4.78 is 15.9. The molecule has 0 aliphatic carbocycles. The number of imidazole rings is 1. The number of H-pyrrole nitrogens is 1. The molecule has 20 heavy (non-hydrogen) atoms. The molecule has 2 aromatic rings. The zero-order valence-electron chi connectivity index (χ0n) is 12.1. The van der Waals surface area contributed by atoms with E-state index in [0.717, 1.165) is 36.3 Å². The molecule has 0 saturated carbocycles. The van der Waals surface area contributed by atoms with E-state index in [1.165, 1.54) is 0 Å². The number of methoxy groups -OCH3 is 1. The van der Waals surface area contributed by atoms with Crippen molar-refractivity contribution in [3.63, 3.8) is 0 Å². The molecular weight excluding hydrogens is 276 g/mol. The van der Waals surface area contributed by atoms with Crippen molar-refractivity contribution in [2.45, 2.75) is 31.9 Å². The van der Waals surface area contributed by atoms with Crippen molar-refractivity contribution in [2.75, 3.05) is 20.3 Å². The fourth-order valence-corrected chi connectivity index (χ4v) is 3.15. The summed E-state index contributed by atoms with van der Waals surface area (Å²) in [6.45, 7) is 4.12. The second kappa shape index (κ2) is 4.98. The fourth-order valence-electron chi connectivity index (χ4n) is 2.90. The Hall–Kier alpha value is -1.18. The molecule has 110 valence electrons. The minimum Gasteiger partial charge on any atom is -0.378 e. The van der Waals surface area contributed by atoms with Crippen LogP contribution in [-0.4, -0.2) is 45.3 Å². The highest BCUT2D eigenvalue weighted by atomic mass is 32.1. The number of ether oxygens (including phenoxy) is 2. The quantitative estimate of drug-likeness (QED) is 0.874. The lowest BCUT2D eigenvalue weighted by Gasteiger charge is -2.26. The Labute approximate surface area is 122 Å². The third-order valence-electron chi connectivity index (χ3n) is 4.10. The highest BCUT2D eigenvalue weighted by Crippen LogP contribution is 2.27. The van der Waals surface area contributed by atoms with Gasteiger partial charge in [-0.1, -0.05) is 6.92 Å². The molecule has 0 bridgehead atoms. The predicted molar refractivity (Wildman–Crippen MR) is 78.4 cm³/mol. The van der Waals surface area contributed by atoms with Gasteiger partial charge in [-0.25, -0.2) is 0 Å². The normalized spacial score (nSPS) is 22.9. The highest BCUT2D eigenvalue weighted by molar-refractivity contribution is 7.71. The molecule has 3 rings (SSSR count). The molecule has 0 radical (unpaired) electrons. The van der Waals surface area contributed by atoms with Crippen molar-refractivity contribution in [1.82, 2.24) is 19.3 Å². The first-order valence-corrected chi connectivity index (χ1v) is 7.28. The molecule has 0 aromatic carbocycles. The zero-order valence-corrected chi connectivity index (χ0v) is 12.9. The van der Waals surface area contributed by atoms with Crippen molar-refractivity contribution < 1.29 is 9.47 Å². The zero-order chi connectivity index (χ0) is 14.3. The molecular formula is C13H20N4O2S. The van der Waals surface area contributed by atoms with E-state index in [1.54, 1.807) is 7.11 Å². The third kappa shape index (κ3) is 2.01. The largest absolute Gasteiger partial charge is 0.378 e. The minimum absolute atomic E-state index is 0.288. The van der Waals surface area contributed by atoms with Gasteiger partial charge in [0.1, 0.15) is 11.1 Å². The van der Waals surface area contributed by atoms with Gasteiger partial charge in [0, 0.05) is 27.2 Å². The highest BCUT2D eigenvalue weighted by Gasteiger charge is 2.36. The van der Waals surface area contributed by atoms with Gasteiger partial charge in [0.25, 0.3) is 0 Å². The minimum atomic E-state index is -0.288. The number of nitrogens with zero attached hydrogens (tertiary/aromatic N) is 3. The van der Waals surface area contributed by atoms with Crippen LogP contribution in [0.3, 0.4) is 0 Å². The number of hydrogen-bond acceptors (Lipinski definition) is 4. The first-order chi connectivity index (χ1) is 9.60. The van der Waals surface area contributed by atoms with Crippen LogP contribution in [0.25, 0.3) is 11.2 Å². The summed E-state index contributed by atoms with van der Waals surface area (Å²) in [5.41, 5.74) is 2.81. The van der Waals surface area contributed by atoms with E-state index in [1.807, 2.05) is 11.7 Å². The molecule has 0 spiro atoms. The average molecular weight is 296 g/mol. The van der Waals surface area contributed by atoms with E-state index < -0.39 is 0 Å². The van der Waals surface area contributed by atoms with E-state index in [-0.39, 0.29) is 5.60 Å². The number of fused-ring (bicyclic) bond motifs is 1. The Morgan fingerprint density at radius 2 is 2.35 bits per heavy atom. The summed E-state index contributed by atoms with van der Waals surface area (Å²) in [5, 5.41) is 4.54. The molecule has 1 atom stereocenters. The van der Waals surface area contributed by atoms with Gasteiger partial charge in [-0.05, 0) is 18.6 Å². The van der Waals surface area contributed by atoms with Crippen LogP contribution in [0.15, 0.2) is 0 Å². The van der Waals surface area contributed by atoms with Crippen molar-refractivity contribution in [2.24, 2.45) is 7.05 Å². The summed E-state index contributed by atoms with van der Waals surface area (Å²) in [6, 6.07) is 0. The number of nitrogens with one attached hydrogen (secondary N) is 1. The Morgan fingerprint density at radius 3 is 2.95 bits per heavy atom. The van der Waals surface area contributed by atoms with Crippen LogP contribution in [0.5, 0.6) is 0 Å². The number of rotatable bonds is 4. The SMILES string of the molecule is CCc1nn(C)c2c1[nH]c(=S)n2CC1(OC)CCOC1. The third-order valence-corrected chi connectivity index (χ3v) is 4.43. The number of hydrogen-bond donors (Lipinski definition) is 1. The molecule has 1 aliphatic heterocycles. The van der Waals surface area contributed by atoms with Crippen molar-refractivity contribution >= 4 is 23.4 Å². The molecule has 7 heteroatoms. The predicted octanol–water partition coefficient (Wildman–Crippen LogP) is 1.80. The summed E-state index contributed by atoms with van der Waals surface area (Å²) in [4.78, 5) is 3.28. The Bertz CT molecular complexity index is 678. The van der Waals surface area contributed by atoms with Gasteiger partial charge in [-0.15, -0.1) is 0 Å². The van der Waals surface area contributed by atoms with E-state index in [2.05, 4.69) is 21.6 Å². The lowest BCUT2D eigenvalue weighted by Crippen LogP contribution is -2.37. The van der Waals surface area contributed by atoms with E-state index in [0.29, 0.717) is 17.9 Å². The molecule has 3 heterocycles. The van der Waals surface area contributed by atoms with Crippen molar-refractivity contribution in [1.29, 1.82) is 0 Å². The maximum Gasteiger partial charge on any atom is 0.179 e. The van der Waals surface area contributed by atoms with E-state index in [9.17, 15) is 0 Å². The lowest BCUT2D eigenvalue weighted by molar-refractivity contribution is -0.0291. The van der Waals surface area contributed by atoms with Gasteiger partial charge in [0.15, 0.2) is 10.4 Å². The summed E-state index contributed by atoms with van der Waals surface area (Å²) in [6.07, 6.45) is 1.77. The van der Waals surface area contributed by atoms with E-state index >= 15 is 0 Å². The second-order valence-corrected chi connectivity index (χ2v) is 5.72. The first-order valence-electron chi connectivity index (χ1n) is 6.87. The van der Waals surface area contributed by atoms with Crippen LogP contribution in [-0.2, 0) is 29.5 Å². The van der Waals surface area contributed by atoms with Gasteiger partial charge < -0.3 is 14.5 Å². The molecule has 0 amide bonds. The molecule has 1 aliphatic rings. The topological polar surface area (TPSA) is 57.0 Å². The van der Waals surface area contributed by atoms with Gasteiger partial charge in [-0.3, -0.25) is 9.25 Å². The van der Waals surface area contributed by atoms with Crippen molar-refractivity contribution in [3.05, 3.63) is 10.5 Å². The van der Waals surface area contributed by atoms with Crippen LogP contribution in [0.2, 0.25) is 0 Å². The van der Waals surface area contributed by atoms with E-state index in [4.69, 9.17) is 21.7 Å². The van der Waals surface area contributed by atoms with Crippen LogP contribution in [0.4, 0.5) is 0 Å². The molecule has 2 aromatic heterocycles. The summed E-state index contributed by atoms with van der Waals surface area (Å²) in [5.74, 6) is 0. The maximum absolute atomic E-state index is 5.71. The molecule has 1 unspecified atom stereocenters. The lowest BCUT2D eigenvalue weighted by atomic mass is 10.0. The standard InChI is InChI=1S/C13H20N4O2S/c1-4-9-10-11(16(2)15-9)17(12(20)14-10)7-13(18-3)5-6-19-8-13/h4-8H2,1-3H3,(H,14,20).